The third kappa shape index (κ3) is 8.91. The average Bonchev–Trinajstić information content (AvgIpc) is 3.85. The Bertz CT molecular complexity index is 2500. The number of aliphatic imine (C=N–C) groups is 1. The zero-order chi connectivity index (χ0) is 41.4. The first-order chi connectivity index (χ1) is 29.3. The van der Waals surface area contributed by atoms with Crippen LogP contribution < -0.4 is 5.32 Å². The molecule has 2 fully saturated rings. The molecule has 0 spiro atoms. The number of rotatable bonds is 14. The van der Waals surface area contributed by atoms with Crippen LogP contribution in [0.3, 0.4) is 0 Å². The number of hydrogen-bond acceptors (Lipinski definition) is 7. The maximum absolute atomic E-state index is 14.7. The number of hydrogen-bond donors (Lipinski definition) is 2. The molecule has 2 saturated heterocycles. The number of ether oxygens (including phenoxy) is 1. The third-order valence-corrected chi connectivity index (χ3v) is 11.4. The van der Waals surface area contributed by atoms with E-state index in [-0.39, 0.29) is 25.5 Å². The predicted molar refractivity (Wildman–Crippen MR) is 231 cm³/mol. The highest BCUT2D eigenvalue weighted by molar-refractivity contribution is 6.17. The van der Waals surface area contributed by atoms with E-state index in [1.165, 1.54) is 0 Å². The topological polar surface area (TPSA) is 134 Å². The van der Waals surface area contributed by atoms with Gasteiger partial charge in [-0.05, 0) is 54.8 Å². The quantitative estimate of drug-likeness (QED) is 0.106. The van der Waals surface area contributed by atoms with E-state index in [4.69, 9.17) is 9.73 Å². The Hall–Kier alpha value is -6.85. The van der Waals surface area contributed by atoms with Crippen molar-refractivity contribution in [3.8, 4) is 0 Å². The van der Waals surface area contributed by atoms with Gasteiger partial charge in [0.05, 0.1) is 17.9 Å². The van der Waals surface area contributed by atoms with Crippen molar-refractivity contribution in [2.45, 2.75) is 50.2 Å². The number of aliphatic carboxylic acids is 1. The predicted octanol–water partition coefficient (Wildman–Crippen LogP) is 8.30. The van der Waals surface area contributed by atoms with Gasteiger partial charge < -0.3 is 19.7 Å². The molecule has 11 nitrogen and oxygen atoms in total. The van der Waals surface area contributed by atoms with E-state index in [0.29, 0.717) is 34.6 Å². The zero-order valence-electron chi connectivity index (χ0n) is 33.2. The lowest BCUT2D eigenvalue weighted by atomic mass is 9.87. The summed E-state index contributed by atoms with van der Waals surface area (Å²) < 4.78 is 7.50. The summed E-state index contributed by atoms with van der Waals surface area (Å²) >= 11 is 0. The SMILES string of the molecule is O=C(CN1CCCCC1)Nc1ccccc1C(=N[C@H](C(=O)O)[C@H](CC(=O)N1C(=O)OC[C@@H]1c1ccccc1)c1cn(Cc2ccccc2)c2ccccc12)c1ccccc1. The number of cyclic esters (lactones) is 1. The Kier molecular flexibility index (Phi) is 12.2. The zero-order valence-corrected chi connectivity index (χ0v) is 33.2. The summed E-state index contributed by atoms with van der Waals surface area (Å²) in [6, 6.07) is 41.1. The highest BCUT2D eigenvalue weighted by Gasteiger charge is 2.42. The highest BCUT2D eigenvalue weighted by atomic mass is 16.6. The largest absolute Gasteiger partial charge is 0.480 e. The molecule has 2 N–H and O–H groups in total. The third-order valence-electron chi connectivity index (χ3n) is 11.4. The number of fused-ring (bicyclic) bond motifs is 1. The van der Waals surface area contributed by atoms with Crippen LogP contribution in [0.25, 0.3) is 10.9 Å². The lowest BCUT2D eigenvalue weighted by Crippen LogP contribution is -2.38. The second kappa shape index (κ2) is 18.4. The van der Waals surface area contributed by atoms with E-state index >= 15 is 0 Å². The second-order valence-corrected chi connectivity index (χ2v) is 15.4. The van der Waals surface area contributed by atoms with Gasteiger partial charge in [-0.1, -0.05) is 134 Å². The van der Waals surface area contributed by atoms with Gasteiger partial charge in [-0.3, -0.25) is 19.5 Å². The molecule has 3 heterocycles. The van der Waals surface area contributed by atoms with Gasteiger partial charge >= 0.3 is 12.1 Å². The van der Waals surface area contributed by atoms with E-state index in [2.05, 4.69) is 14.8 Å². The monoisotopic (exact) mass is 801 g/mol. The molecule has 2 aliphatic rings. The smallest absolute Gasteiger partial charge is 0.417 e. The van der Waals surface area contributed by atoms with Crippen LogP contribution in [-0.4, -0.2) is 81.3 Å². The molecule has 11 heteroatoms. The summed E-state index contributed by atoms with van der Waals surface area (Å²) in [5.74, 6) is -3.06. The van der Waals surface area contributed by atoms with Gasteiger partial charge in [0, 0.05) is 47.1 Å². The van der Waals surface area contributed by atoms with Crippen molar-refractivity contribution in [2.24, 2.45) is 4.99 Å². The van der Waals surface area contributed by atoms with Gasteiger partial charge in [0.25, 0.3) is 0 Å². The second-order valence-electron chi connectivity index (χ2n) is 15.4. The van der Waals surface area contributed by atoms with Gasteiger partial charge in [0.2, 0.25) is 11.8 Å². The number of carboxylic acids is 1. The average molecular weight is 802 g/mol. The van der Waals surface area contributed by atoms with Crippen molar-refractivity contribution < 1.29 is 29.0 Å². The molecular formula is C49H47N5O6. The molecule has 0 aliphatic carbocycles. The Morgan fingerprint density at radius 1 is 0.783 bits per heavy atom. The van der Waals surface area contributed by atoms with Gasteiger partial charge in [-0.25, -0.2) is 14.5 Å². The summed E-state index contributed by atoms with van der Waals surface area (Å²) in [6.07, 6.45) is 4.01. The van der Waals surface area contributed by atoms with Crippen molar-refractivity contribution >= 4 is 46.2 Å². The number of likely N-dealkylation sites (tertiary alicyclic amines) is 1. The Balaban J connectivity index is 1.25. The first-order valence-corrected chi connectivity index (χ1v) is 20.5. The van der Waals surface area contributed by atoms with E-state index < -0.39 is 36.0 Å². The minimum Gasteiger partial charge on any atom is -0.480 e. The number of para-hydroxylation sites is 2. The van der Waals surface area contributed by atoms with Crippen molar-refractivity contribution in [2.75, 3.05) is 31.6 Å². The van der Waals surface area contributed by atoms with E-state index in [0.717, 1.165) is 59.3 Å². The molecule has 0 radical (unpaired) electrons. The van der Waals surface area contributed by atoms with Gasteiger partial charge in [-0.15, -0.1) is 0 Å². The number of anilines is 1. The minimum absolute atomic E-state index is 0.0193. The number of aromatic nitrogens is 1. The van der Waals surface area contributed by atoms with Crippen LogP contribution in [0.1, 0.15) is 65.5 Å². The number of nitrogens with one attached hydrogen (secondary N) is 1. The molecule has 60 heavy (non-hydrogen) atoms. The molecule has 1 aromatic heterocycles. The van der Waals surface area contributed by atoms with Crippen LogP contribution in [0, 0.1) is 0 Å². The van der Waals surface area contributed by atoms with Gasteiger partial charge in [0.1, 0.15) is 12.6 Å². The fraction of sp³-hybridized carbons (Fsp3) is 0.245. The van der Waals surface area contributed by atoms with Crippen LogP contribution in [-0.2, 0) is 25.7 Å². The standard InChI is InChI=1S/C49H47N5O6/c55-44(32-52-27-15-4-16-28-52)50-41-25-13-11-24-38(41)46(36-21-9-3-10-22-36)51-47(48(57)58)39(29-45(56)54-43(33-60-49(54)59)35-19-7-2-8-20-35)40-31-53(30-34-17-5-1-6-18-34)42-26-14-12-23-37(40)42/h1-3,5-14,17-26,31,39,43,47H,4,15-16,27-30,32-33H2,(H,50,55)(H,57,58)/t39-,43-,47+/m1/s1. The first-order valence-electron chi connectivity index (χ1n) is 20.5. The molecule has 0 saturated carbocycles. The van der Waals surface area contributed by atoms with Crippen LogP contribution >= 0.6 is 0 Å². The van der Waals surface area contributed by atoms with E-state index in [1.54, 1.807) is 6.07 Å². The minimum atomic E-state index is -1.52. The van der Waals surface area contributed by atoms with Crippen LogP contribution in [0.5, 0.6) is 0 Å². The number of nitrogens with zero attached hydrogens (tertiary/aromatic N) is 4. The van der Waals surface area contributed by atoms with Gasteiger partial charge in [0.15, 0.2) is 6.04 Å². The summed E-state index contributed by atoms with van der Waals surface area (Å²) in [7, 11) is 0. The number of imide groups is 1. The maximum atomic E-state index is 14.7. The molecule has 304 valence electrons. The Labute approximate surface area is 348 Å². The molecule has 8 rings (SSSR count). The first kappa shape index (κ1) is 40.0. The van der Waals surface area contributed by atoms with E-state index in [1.807, 2.05) is 140 Å². The van der Waals surface area contributed by atoms with Crippen LogP contribution in [0.2, 0.25) is 0 Å². The van der Waals surface area contributed by atoms with Crippen molar-refractivity contribution in [1.82, 2.24) is 14.4 Å². The number of amides is 3. The Morgan fingerprint density at radius 2 is 1.43 bits per heavy atom. The van der Waals surface area contributed by atoms with Crippen molar-refractivity contribution in [3.63, 3.8) is 0 Å². The fourth-order valence-electron chi connectivity index (χ4n) is 8.44. The number of carbonyl (C=O) groups is 4. The lowest BCUT2D eigenvalue weighted by Gasteiger charge is -2.26. The highest BCUT2D eigenvalue weighted by Crippen LogP contribution is 2.38. The number of piperidine rings is 1. The molecule has 3 amide bonds. The summed E-state index contributed by atoms with van der Waals surface area (Å²) in [4.78, 5) is 63.8. The molecule has 0 unspecified atom stereocenters. The molecule has 3 atom stereocenters. The van der Waals surface area contributed by atoms with E-state index in [9.17, 15) is 24.3 Å². The summed E-state index contributed by atoms with van der Waals surface area (Å²) in [5.41, 5.74) is 5.22. The maximum Gasteiger partial charge on any atom is 0.417 e. The number of carboxylic acid groups (broad SMARTS) is 1. The molecule has 6 aromatic rings. The Morgan fingerprint density at radius 3 is 2.17 bits per heavy atom. The molecule has 5 aromatic carbocycles. The molecule has 2 aliphatic heterocycles. The summed E-state index contributed by atoms with van der Waals surface area (Å²) in [6.45, 7) is 2.43. The van der Waals surface area contributed by atoms with Crippen LogP contribution in [0.15, 0.2) is 151 Å². The summed E-state index contributed by atoms with van der Waals surface area (Å²) in [5, 5.41) is 15.2. The van der Waals surface area contributed by atoms with Crippen LogP contribution in [0.4, 0.5) is 10.5 Å². The molecule has 0 bridgehead atoms. The van der Waals surface area contributed by atoms with Crippen molar-refractivity contribution in [3.05, 3.63) is 174 Å². The lowest BCUT2D eigenvalue weighted by molar-refractivity contribution is -0.139. The van der Waals surface area contributed by atoms with Gasteiger partial charge in [-0.2, -0.15) is 0 Å². The normalized spacial score (nSPS) is 16.9. The fourth-order valence-corrected chi connectivity index (χ4v) is 8.44. The number of carbonyl (C=O) groups excluding carboxylic acids is 3. The molecular weight excluding hydrogens is 755 g/mol. The number of benzene rings is 5. The van der Waals surface area contributed by atoms with Crippen molar-refractivity contribution in [1.29, 1.82) is 0 Å².